The average Bonchev–Trinajstić information content (AvgIpc) is 3.11. The molecule has 172 valence electrons. The molecule has 1 aliphatic rings. The highest BCUT2D eigenvalue weighted by atomic mass is 16.5. The van der Waals surface area contributed by atoms with Gasteiger partial charge in [0.15, 0.2) is 0 Å². The van der Waals surface area contributed by atoms with Gasteiger partial charge < -0.3 is 20.1 Å². The van der Waals surface area contributed by atoms with E-state index in [9.17, 15) is 14.7 Å². The molecule has 8 heteroatoms. The molecule has 0 aromatic heterocycles. The summed E-state index contributed by atoms with van der Waals surface area (Å²) in [5.41, 5.74) is 2.67. The van der Waals surface area contributed by atoms with Crippen molar-refractivity contribution in [2.75, 3.05) is 19.5 Å². The summed E-state index contributed by atoms with van der Waals surface area (Å²) >= 11 is 0. The molecule has 1 atom stereocenters. The highest BCUT2D eigenvalue weighted by molar-refractivity contribution is 6.06. The first-order chi connectivity index (χ1) is 16.5. The van der Waals surface area contributed by atoms with Gasteiger partial charge in [-0.05, 0) is 41.5 Å². The van der Waals surface area contributed by atoms with E-state index in [-0.39, 0.29) is 5.96 Å². The Kier molecular flexibility index (Phi) is 6.59. The van der Waals surface area contributed by atoms with Crippen LogP contribution in [0.25, 0.3) is 6.08 Å². The number of ether oxygens (including phenoxy) is 1. The summed E-state index contributed by atoms with van der Waals surface area (Å²) in [6.45, 7) is 0. The molecule has 2 N–H and O–H groups in total. The second kappa shape index (κ2) is 9.91. The summed E-state index contributed by atoms with van der Waals surface area (Å²) in [4.78, 5) is 31.9. The fraction of sp³-hybridized carbons (Fsp3) is 0.115. The Labute approximate surface area is 197 Å². The quantitative estimate of drug-likeness (QED) is 0.556. The number of aliphatic imine (C=N–C) groups is 1. The first kappa shape index (κ1) is 22.6. The number of likely N-dealkylation sites (N-methyl/N-ethyl adjacent to an activating group) is 1. The maximum Gasteiger partial charge on any atom is 0.418 e. The third-order valence-electron chi connectivity index (χ3n) is 5.40. The van der Waals surface area contributed by atoms with Crippen molar-refractivity contribution in [3.05, 3.63) is 102 Å². The summed E-state index contributed by atoms with van der Waals surface area (Å²) in [5, 5.41) is 12.8. The van der Waals surface area contributed by atoms with Gasteiger partial charge in [-0.25, -0.2) is 14.5 Å². The molecule has 1 aliphatic heterocycles. The Morgan fingerprint density at radius 2 is 1.59 bits per heavy atom. The largest absolute Gasteiger partial charge is 0.497 e. The number of hydrogen-bond acceptors (Lipinski definition) is 3. The second-order valence-corrected chi connectivity index (χ2v) is 7.59. The number of nitrogens with zero attached hydrogens (tertiary/aromatic N) is 3. The molecule has 3 aromatic carbocycles. The Balaban J connectivity index is 1.79. The number of nitrogens with one attached hydrogen (secondary N) is 1. The molecule has 3 amide bonds. The molecule has 1 heterocycles. The molecule has 1 unspecified atom stereocenters. The number of carboxylic acid groups (broad SMARTS) is 1. The first-order valence-electron chi connectivity index (χ1n) is 10.6. The number of benzene rings is 3. The summed E-state index contributed by atoms with van der Waals surface area (Å²) in [5.74, 6) is 0.688. The van der Waals surface area contributed by atoms with Crippen molar-refractivity contribution >= 4 is 29.8 Å². The van der Waals surface area contributed by atoms with Gasteiger partial charge in [-0.15, -0.1) is 0 Å². The molecule has 3 aromatic rings. The fourth-order valence-corrected chi connectivity index (χ4v) is 3.84. The second-order valence-electron chi connectivity index (χ2n) is 7.59. The van der Waals surface area contributed by atoms with E-state index < -0.39 is 18.2 Å². The molecular weight excluding hydrogens is 432 g/mol. The predicted molar refractivity (Wildman–Crippen MR) is 131 cm³/mol. The minimum Gasteiger partial charge on any atom is -0.497 e. The normalized spacial score (nSPS) is 17.8. The molecule has 0 spiro atoms. The van der Waals surface area contributed by atoms with Crippen LogP contribution in [0.1, 0.15) is 17.2 Å². The van der Waals surface area contributed by atoms with E-state index in [1.807, 2.05) is 60.7 Å². The maximum atomic E-state index is 12.7. The van der Waals surface area contributed by atoms with Crippen LogP contribution in [0.5, 0.6) is 5.75 Å². The van der Waals surface area contributed by atoms with Gasteiger partial charge >= 0.3 is 12.1 Å². The highest BCUT2D eigenvalue weighted by Crippen LogP contribution is 2.39. The van der Waals surface area contributed by atoms with Gasteiger partial charge in [-0.3, -0.25) is 0 Å². The van der Waals surface area contributed by atoms with Crippen LogP contribution in [-0.2, 0) is 0 Å². The highest BCUT2D eigenvalue weighted by Gasteiger charge is 2.43. The molecule has 34 heavy (non-hydrogen) atoms. The van der Waals surface area contributed by atoms with Crippen molar-refractivity contribution < 1.29 is 19.4 Å². The third-order valence-corrected chi connectivity index (χ3v) is 5.40. The average molecular weight is 457 g/mol. The number of methoxy groups -OCH3 is 1. The molecule has 1 fully saturated rings. The molecular formula is C26H24N4O4. The zero-order valence-electron chi connectivity index (χ0n) is 18.8. The van der Waals surface area contributed by atoms with Crippen molar-refractivity contribution in [2.45, 2.75) is 6.04 Å². The number of para-hydroxylation sites is 1. The van der Waals surface area contributed by atoms with E-state index in [1.165, 1.54) is 0 Å². The topological polar surface area (TPSA) is 94.5 Å². The van der Waals surface area contributed by atoms with Gasteiger partial charge in [0.2, 0.25) is 5.96 Å². The van der Waals surface area contributed by atoms with Crippen LogP contribution in [0.15, 0.2) is 95.6 Å². The number of carbonyl (C=O) groups is 2. The molecule has 0 radical (unpaired) electrons. The number of amides is 3. The monoisotopic (exact) mass is 456 g/mol. The van der Waals surface area contributed by atoms with Crippen LogP contribution < -0.4 is 10.1 Å². The molecule has 0 aliphatic carbocycles. The Bertz CT molecular complexity index is 1220. The summed E-state index contributed by atoms with van der Waals surface area (Å²) in [6, 6.07) is 24.5. The molecule has 0 bridgehead atoms. The van der Waals surface area contributed by atoms with Crippen molar-refractivity contribution in [3.63, 3.8) is 0 Å². The van der Waals surface area contributed by atoms with Gasteiger partial charge in [0.05, 0.1) is 18.8 Å². The molecule has 0 saturated carbocycles. The SMILES string of the molecule is COc1ccc(C2/C(=C/c3ccccc3)N(C(=O)O)C(=NC(=O)Nc3ccccc3)N2C)cc1. The summed E-state index contributed by atoms with van der Waals surface area (Å²) in [7, 11) is 3.30. The number of rotatable bonds is 4. The van der Waals surface area contributed by atoms with E-state index >= 15 is 0 Å². The van der Waals surface area contributed by atoms with Crippen LogP contribution in [0, 0.1) is 0 Å². The summed E-state index contributed by atoms with van der Waals surface area (Å²) < 4.78 is 5.26. The lowest BCUT2D eigenvalue weighted by Gasteiger charge is -2.21. The van der Waals surface area contributed by atoms with Crippen LogP contribution in [0.2, 0.25) is 0 Å². The van der Waals surface area contributed by atoms with E-state index in [2.05, 4.69) is 10.3 Å². The predicted octanol–water partition coefficient (Wildman–Crippen LogP) is 5.29. The van der Waals surface area contributed by atoms with Crippen molar-refractivity contribution in [1.82, 2.24) is 9.80 Å². The minimum absolute atomic E-state index is 0.00364. The van der Waals surface area contributed by atoms with Gasteiger partial charge in [0, 0.05) is 12.7 Å². The standard InChI is InChI=1S/C26H24N4O4/c1-29-23(19-13-15-21(34-2)16-14-19)22(17-18-9-5-3-6-10-18)30(26(32)33)25(29)28-24(31)27-20-11-7-4-8-12-20/h3-17,23H,1-2H3,(H,27,31)(H,32,33)/b22-17-,28-25?. The molecule has 4 rings (SSSR count). The van der Waals surface area contributed by atoms with Gasteiger partial charge in [-0.2, -0.15) is 4.99 Å². The van der Waals surface area contributed by atoms with Crippen LogP contribution >= 0.6 is 0 Å². The number of anilines is 1. The van der Waals surface area contributed by atoms with Crippen molar-refractivity contribution in [3.8, 4) is 5.75 Å². The van der Waals surface area contributed by atoms with E-state index in [1.54, 1.807) is 49.4 Å². The van der Waals surface area contributed by atoms with E-state index in [0.29, 0.717) is 17.1 Å². The van der Waals surface area contributed by atoms with Crippen LogP contribution in [0.3, 0.4) is 0 Å². The smallest absolute Gasteiger partial charge is 0.418 e. The van der Waals surface area contributed by atoms with Crippen molar-refractivity contribution in [1.29, 1.82) is 0 Å². The van der Waals surface area contributed by atoms with E-state index in [4.69, 9.17) is 4.74 Å². The Morgan fingerprint density at radius 1 is 0.971 bits per heavy atom. The molecule has 8 nitrogen and oxygen atoms in total. The summed E-state index contributed by atoms with van der Waals surface area (Å²) in [6.07, 6.45) is 0.549. The first-order valence-corrected chi connectivity index (χ1v) is 10.6. The number of urea groups is 1. The number of guanidine groups is 1. The zero-order chi connectivity index (χ0) is 24.1. The van der Waals surface area contributed by atoms with Gasteiger partial charge in [0.1, 0.15) is 5.75 Å². The maximum absolute atomic E-state index is 12.7. The Morgan fingerprint density at radius 3 is 2.18 bits per heavy atom. The molecule has 1 saturated heterocycles. The van der Waals surface area contributed by atoms with Crippen LogP contribution in [0.4, 0.5) is 15.3 Å². The minimum atomic E-state index is -1.24. The lowest BCUT2D eigenvalue weighted by molar-refractivity contribution is 0.178. The third kappa shape index (κ3) is 4.75. The van der Waals surface area contributed by atoms with E-state index in [0.717, 1.165) is 16.0 Å². The lowest BCUT2D eigenvalue weighted by atomic mass is 10.0. The van der Waals surface area contributed by atoms with Crippen molar-refractivity contribution in [2.24, 2.45) is 4.99 Å². The zero-order valence-corrected chi connectivity index (χ0v) is 18.8. The lowest BCUT2D eigenvalue weighted by Crippen LogP contribution is -2.36. The number of hydrogen-bond donors (Lipinski definition) is 2. The van der Waals surface area contributed by atoms with Gasteiger partial charge in [0.25, 0.3) is 0 Å². The Hall–Kier alpha value is -4.59. The number of carbonyl (C=O) groups excluding carboxylic acids is 1. The van der Waals surface area contributed by atoms with Crippen LogP contribution in [-0.4, -0.2) is 47.1 Å². The van der Waals surface area contributed by atoms with Gasteiger partial charge in [-0.1, -0.05) is 60.7 Å². The fourth-order valence-electron chi connectivity index (χ4n) is 3.84.